The highest BCUT2D eigenvalue weighted by Gasteiger charge is 2.56. The van der Waals surface area contributed by atoms with Gasteiger partial charge in [-0.2, -0.15) is 0 Å². The van der Waals surface area contributed by atoms with E-state index in [0.29, 0.717) is 31.5 Å². The van der Waals surface area contributed by atoms with Crippen LogP contribution in [0.4, 0.5) is 8.78 Å². The van der Waals surface area contributed by atoms with Gasteiger partial charge in [0.25, 0.3) is 5.92 Å². The van der Waals surface area contributed by atoms with Crippen molar-refractivity contribution in [3.8, 4) is 0 Å². The number of halogens is 2. The van der Waals surface area contributed by atoms with Gasteiger partial charge >= 0.3 is 0 Å². The van der Waals surface area contributed by atoms with E-state index < -0.39 is 5.92 Å². The van der Waals surface area contributed by atoms with Crippen LogP contribution in [-0.2, 0) is 37.2 Å². The largest absolute Gasteiger partial charge is 0.350 e. The number of carbonyl (C=O) groups is 1. The van der Waals surface area contributed by atoms with Crippen LogP contribution in [0.25, 0.3) is 10.9 Å². The lowest BCUT2D eigenvalue weighted by Gasteiger charge is -2.37. The van der Waals surface area contributed by atoms with Gasteiger partial charge in [0.1, 0.15) is 0 Å². The number of aryl methyl sites for hydroxylation is 1. The smallest absolute Gasteiger partial charge is 0.272 e. The van der Waals surface area contributed by atoms with Crippen LogP contribution in [-0.4, -0.2) is 39.5 Å². The number of carbonyl (C=O) groups excluding carboxylic acids is 1. The summed E-state index contributed by atoms with van der Waals surface area (Å²) in [6.45, 7) is 2.80. The first kappa shape index (κ1) is 24.5. The van der Waals surface area contributed by atoms with Gasteiger partial charge in [0, 0.05) is 74.1 Å². The van der Waals surface area contributed by atoms with Crippen molar-refractivity contribution in [3.63, 3.8) is 0 Å². The van der Waals surface area contributed by atoms with Gasteiger partial charge in [-0.25, -0.2) is 8.78 Å². The predicted octanol–water partition coefficient (Wildman–Crippen LogP) is 5.35. The molecule has 3 unspecified atom stereocenters. The van der Waals surface area contributed by atoms with Crippen LogP contribution in [0, 0.1) is 11.3 Å². The summed E-state index contributed by atoms with van der Waals surface area (Å²) in [7, 11) is 2.09. The fourth-order valence-electron chi connectivity index (χ4n) is 7.34. The molecule has 0 bridgehead atoms. The number of hydrogen-bond acceptors (Lipinski definition) is 3. The molecule has 3 aliphatic rings. The molecule has 0 saturated heterocycles. The van der Waals surface area contributed by atoms with Crippen molar-refractivity contribution in [2.75, 3.05) is 13.1 Å². The lowest BCUT2D eigenvalue weighted by atomic mass is 9.78. The number of nitrogens with one attached hydrogen (secondary N) is 1. The fourth-order valence-corrected chi connectivity index (χ4v) is 7.34. The average Bonchev–Trinajstić information content (AvgIpc) is 3.54. The Labute approximate surface area is 217 Å². The molecule has 3 atom stereocenters. The number of hydrogen-bond donors (Lipinski definition) is 1. The number of nitrogens with zero attached hydrogens (tertiary/aromatic N) is 3. The van der Waals surface area contributed by atoms with Crippen LogP contribution < -0.4 is 5.32 Å². The van der Waals surface area contributed by atoms with E-state index in [1.807, 2.05) is 4.90 Å². The van der Waals surface area contributed by atoms with E-state index in [2.05, 4.69) is 52.4 Å². The van der Waals surface area contributed by atoms with Crippen LogP contribution in [0.5, 0.6) is 0 Å². The second-order valence-electron chi connectivity index (χ2n) is 11.6. The van der Waals surface area contributed by atoms with Crippen LogP contribution in [0.3, 0.4) is 0 Å². The molecule has 3 aromatic rings. The van der Waals surface area contributed by atoms with Crippen molar-refractivity contribution in [2.24, 2.45) is 18.4 Å². The molecule has 2 aromatic heterocycles. The average molecular weight is 507 g/mol. The highest BCUT2D eigenvalue weighted by molar-refractivity contribution is 5.85. The van der Waals surface area contributed by atoms with E-state index >= 15 is 0 Å². The summed E-state index contributed by atoms with van der Waals surface area (Å²) >= 11 is 0. The summed E-state index contributed by atoms with van der Waals surface area (Å²) < 4.78 is 30.0. The molecular formula is C30H36F2N4O. The van der Waals surface area contributed by atoms with Gasteiger partial charge in [0.15, 0.2) is 0 Å². The molecule has 0 spiro atoms. The minimum Gasteiger partial charge on any atom is -0.350 e. The standard InChI is InChI=1S/C30H36F2N4O/c1-29(31,32)23-14-21-19-36(13-10-26(21)34-17-23)28(37)30-11-5-6-22(30)15-24(16-30)33-12-9-20-18-35(2)27-8-4-3-7-25(20)27/h3-4,7-8,14,17-18,22,24,33H,5-6,9-13,15-16,19H2,1-2H3. The summed E-state index contributed by atoms with van der Waals surface area (Å²) in [6, 6.07) is 10.4. The number of aromatic nitrogens is 2. The molecule has 196 valence electrons. The molecule has 2 aliphatic carbocycles. The molecule has 2 saturated carbocycles. The predicted molar refractivity (Wildman–Crippen MR) is 140 cm³/mol. The molecule has 2 fully saturated rings. The van der Waals surface area contributed by atoms with Gasteiger partial charge in [-0.3, -0.25) is 9.78 Å². The van der Waals surface area contributed by atoms with E-state index in [1.54, 1.807) is 6.07 Å². The quantitative estimate of drug-likeness (QED) is 0.490. The van der Waals surface area contributed by atoms with E-state index in [-0.39, 0.29) is 16.9 Å². The van der Waals surface area contributed by atoms with Crippen LogP contribution in [0.2, 0.25) is 0 Å². The van der Waals surface area contributed by atoms with Crippen molar-refractivity contribution in [1.29, 1.82) is 0 Å². The first-order valence-electron chi connectivity index (χ1n) is 13.7. The summed E-state index contributed by atoms with van der Waals surface area (Å²) in [4.78, 5) is 20.2. The van der Waals surface area contributed by atoms with Gasteiger partial charge in [0.05, 0.1) is 5.41 Å². The molecule has 7 heteroatoms. The van der Waals surface area contributed by atoms with Gasteiger partial charge < -0.3 is 14.8 Å². The maximum Gasteiger partial charge on any atom is 0.272 e. The summed E-state index contributed by atoms with van der Waals surface area (Å²) in [5.74, 6) is -2.30. The molecule has 1 aromatic carbocycles. The van der Waals surface area contributed by atoms with Crippen molar-refractivity contribution in [3.05, 3.63) is 65.1 Å². The SMILES string of the molecule is Cn1cc(CCNC2CC3CCCC3(C(=O)N3CCc4ncc(C(C)(F)F)cc4C3)C2)c2ccccc21. The minimum atomic E-state index is -2.93. The zero-order valence-corrected chi connectivity index (χ0v) is 21.8. The fraction of sp³-hybridized carbons (Fsp3) is 0.533. The summed E-state index contributed by atoms with van der Waals surface area (Å²) in [5.41, 5.74) is 3.84. The Hall–Kier alpha value is -2.80. The molecule has 1 N–H and O–H groups in total. The number of benzene rings is 1. The Balaban J connectivity index is 1.12. The number of fused-ring (bicyclic) bond motifs is 3. The minimum absolute atomic E-state index is 0.0752. The van der Waals surface area contributed by atoms with Crippen molar-refractivity contribution in [2.45, 2.75) is 70.4 Å². The second-order valence-corrected chi connectivity index (χ2v) is 11.6. The molecular weight excluding hydrogens is 470 g/mol. The maximum atomic E-state index is 14.0. The Morgan fingerprint density at radius 1 is 1.30 bits per heavy atom. The zero-order valence-electron chi connectivity index (χ0n) is 21.8. The molecule has 6 rings (SSSR count). The number of rotatable bonds is 6. The third-order valence-corrected chi connectivity index (χ3v) is 9.20. The van der Waals surface area contributed by atoms with E-state index in [1.165, 1.54) is 22.7 Å². The lowest BCUT2D eigenvalue weighted by molar-refractivity contribution is -0.144. The maximum absolute atomic E-state index is 14.0. The van der Waals surface area contributed by atoms with Crippen molar-refractivity contribution >= 4 is 16.8 Å². The van der Waals surface area contributed by atoms with Crippen molar-refractivity contribution in [1.82, 2.24) is 19.8 Å². The Morgan fingerprint density at radius 2 is 2.14 bits per heavy atom. The lowest BCUT2D eigenvalue weighted by Crippen LogP contribution is -2.47. The van der Waals surface area contributed by atoms with E-state index in [0.717, 1.165) is 63.3 Å². The van der Waals surface area contributed by atoms with Crippen LogP contribution in [0.15, 0.2) is 42.7 Å². The highest BCUT2D eigenvalue weighted by Crippen LogP contribution is 2.55. The number of amides is 1. The molecule has 0 radical (unpaired) electrons. The van der Waals surface area contributed by atoms with Crippen molar-refractivity contribution < 1.29 is 13.6 Å². The molecule has 3 heterocycles. The Morgan fingerprint density at radius 3 is 2.97 bits per heavy atom. The summed E-state index contributed by atoms with van der Waals surface area (Å²) in [5, 5.41) is 5.09. The van der Waals surface area contributed by atoms with Crippen LogP contribution >= 0.6 is 0 Å². The van der Waals surface area contributed by atoms with Gasteiger partial charge in [-0.05, 0) is 67.8 Å². The highest BCUT2D eigenvalue weighted by atomic mass is 19.3. The van der Waals surface area contributed by atoms with Gasteiger partial charge in [0.2, 0.25) is 5.91 Å². The normalized spacial score (nSPS) is 25.5. The zero-order chi connectivity index (χ0) is 25.8. The van der Waals surface area contributed by atoms with Gasteiger partial charge in [-0.15, -0.1) is 0 Å². The monoisotopic (exact) mass is 506 g/mol. The number of para-hydroxylation sites is 1. The number of pyridine rings is 1. The third kappa shape index (κ3) is 4.35. The molecule has 37 heavy (non-hydrogen) atoms. The third-order valence-electron chi connectivity index (χ3n) is 9.20. The molecule has 5 nitrogen and oxygen atoms in total. The Bertz CT molecular complexity index is 1330. The van der Waals surface area contributed by atoms with E-state index in [9.17, 15) is 13.6 Å². The molecule has 1 amide bonds. The molecule has 1 aliphatic heterocycles. The first-order chi connectivity index (χ1) is 17.7. The first-order valence-corrected chi connectivity index (χ1v) is 13.7. The summed E-state index contributed by atoms with van der Waals surface area (Å²) in [6.07, 6.45) is 10.2. The number of alkyl halides is 2. The topological polar surface area (TPSA) is 50.2 Å². The van der Waals surface area contributed by atoms with E-state index in [4.69, 9.17) is 0 Å². The Kier molecular flexibility index (Phi) is 6.09. The second kappa shape index (κ2) is 9.19. The van der Waals surface area contributed by atoms with Crippen LogP contribution in [0.1, 0.15) is 61.4 Å². The van der Waals surface area contributed by atoms with Gasteiger partial charge in [-0.1, -0.05) is 24.6 Å².